The normalized spacial score (nSPS) is 15.4. The van der Waals surface area contributed by atoms with E-state index >= 15 is 0 Å². The summed E-state index contributed by atoms with van der Waals surface area (Å²) in [5.41, 5.74) is 2.73. The van der Waals surface area contributed by atoms with Crippen LogP contribution in [0.15, 0.2) is 84.0 Å². The number of hydrogen-bond acceptors (Lipinski definition) is 3. The molecule has 4 nitrogen and oxygen atoms in total. The Balaban J connectivity index is 1.50. The van der Waals surface area contributed by atoms with Crippen LogP contribution in [-0.4, -0.2) is 29.2 Å². The van der Waals surface area contributed by atoms with Crippen molar-refractivity contribution in [3.05, 3.63) is 107 Å². The molecule has 0 saturated heterocycles. The number of amides is 1. The number of carbonyl (C=O) groups is 1. The van der Waals surface area contributed by atoms with Crippen molar-refractivity contribution in [1.82, 2.24) is 4.90 Å². The number of nitrogens with zero attached hydrogens (tertiary/aromatic N) is 2. The first kappa shape index (κ1) is 19.8. The number of hydrogen-bond donors (Lipinski definition) is 0. The second kappa shape index (κ2) is 8.86. The lowest BCUT2D eigenvalue weighted by Gasteiger charge is -2.25. The van der Waals surface area contributed by atoms with Crippen LogP contribution >= 0.6 is 0 Å². The van der Waals surface area contributed by atoms with Crippen LogP contribution in [0.1, 0.15) is 27.9 Å². The quantitative estimate of drug-likeness (QED) is 0.590. The van der Waals surface area contributed by atoms with Crippen molar-refractivity contribution < 1.29 is 18.4 Å². The zero-order chi connectivity index (χ0) is 20.9. The summed E-state index contributed by atoms with van der Waals surface area (Å²) < 4.78 is 26.8. The maximum atomic E-state index is 13.6. The third-order valence-corrected chi connectivity index (χ3v) is 4.91. The van der Waals surface area contributed by atoms with E-state index in [0.29, 0.717) is 25.2 Å². The number of oxime groups is 1. The largest absolute Gasteiger partial charge is 0.390 e. The Morgan fingerprint density at radius 1 is 0.967 bits per heavy atom. The molecule has 152 valence electrons. The highest BCUT2D eigenvalue weighted by atomic mass is 19.1. The van der Waals surface area contributed by atoms with Crippen LogP contribution in [0, 0.1) is 11.6 Å². The van der Waals surface area contributed by atoms with Gasteiger partial charge in [0, 0.05) is 18.5 Å². The summed E-state index contributed by atoms with van der Waals surface area (Å²) in [6.45, 7) is 0.653. The molecule has 3 aromatic rings. The van der Waals surface area contributed by atoms with Gasteiger partial charge in [0.25, 0.3) is 5.91 Å². The lowest BCUT2D eigenvalue weighted by molar-refractivity contribution is 0.0405. The van der Waals surface area contributed by atoms with Crippen molar-refractivity contribution in [2.45, 2.75) is 19.1 Å². The Morgan fingerprint density at radius 2 is 1.73 bits per heavy atom. The van der Waals surface area contributed by atoms with Gasteiger partial charge in [-0.2, -0.15) is 0 Å². The van der Waals surface area contributed by atoms with Gasteiger partial charge in [0.15, 0.2) is 6.10 Å². The Kier molecular flexibility index (Phi) is 5.84. The molecule has 30 heavy (non-hydrogen) atoms. The Morgan fingerprint density at radius 3 is 2.47 bits per heavy atom. The molecule has 0 aliphatic carbocycles. The van der Waals surface area contributed by atoms with E-state index in [1.54, 1.807) is 23.1 Å². The molecule has 0 radical (unpaired) electrons. The van der Waals surface area contributed by atoms with E-state index in [-0.39, 0.29) is 23.4 Å². The molecule has 0 bridgehead atoms. The van der Waals surface area contributed by atoms with Crippen molar-refractivity contribution in [3.8, 4) is 0 Å². The molecule has 1 aliphatic rings. The van der Waals surface area contributed by atoms with Crippen LogP contribution in [0.2, 0.25) is 0 Å². The topological polar surface area (TPSA) is 41.9 Å². The third kappa shape index (κ3) is 4.71. The summed E-state index contributed by atoms with van der Waals surface area (Å²) in [5.74, 6) is -1.05. The number of benzene rings is 3. The molecular weight excluding hydrogens is 386 g/mol. The molecule has 1 aliphatic heterocycles. The van der Waals surface area contributed by atoms with E-state index in [1.807, 2.05) is 30.3 Å². The van der Waals surface area contributed by atoms with E-state index in [4.69, 9.17) is 4.84 Å². The summed E-state index contributed by atoms with van der Waals surface area (Å²) >= 11 is 0. The lowest BCUT2D eigenvalue weighted by Crippen LogP contribution is -2.37. The average molecular weight is 406 g/mol. The Bertz CT molecular complexity index is 1050. The van der Waals surface area contributed by atoms with Gasteiger partial charge in [-0.05, 0) is 41.5 Å². The van der Waals surface area contributed by atoms with Crippen molar-refractivity contribution in [1.29, 1.82) is 0 Å². The monoisotopic (exact) mass is 406 g/mol. The van der Waals surface area contributed by atoms with Crippen LogP contribution in [0.3, 0.4) is 0 Å². The molecular formula is C24H20F2N2O2. The second-order valence-corrected chi connectivity index (χ2v) is 7.16. The van der Waals surface area contributed by atoms with E-state index in [2.05, 4.69) is 5.16 Å². The number of rotatable bonds is 6. The minimum absolute atomic E-state index is 0.280. The smallest absolute Gasteiger partial charge is 0.254 e. The standard InChI is InChI=1S/C24H20F2N2O2/c25-20-11-9-18(10-12-20)23-14-22(30-27-23)16-28(15-17-5-2-1-3-6-17)24(29)19-7-4-8-21(26)13-19/h1-13,22H,14-16H2. The predicted molar refractivity (Wildman–Crippen MR) is 110 cm³/mol. The molecule has 3 aromatic carbocycles. The molecule has 1 amide bonds. The van der Waals surface area contributed by atoms with Crippen molar-refractivity contribution in [3.63, 3.8) is 0 Å². The molecule has 0 saturated carbocycles. The SMILES string of the molecule is O=C(c1cccc(F)c1)N(Cc1ccccc1)CC1CC(c2ccc(F)cc2)=NO1. The van der Waals surface area contributed by atoms with E-state index in [9.17, 15) is 13.6 Å². The molecule has 1 unspecified atom stereocenters. The lowest BCUT2D eigenvalue weighted by atomic mass is 10.0. The summed E-state index contributed by atoms with van der Waals surface area (Å²) in [7, 11) is 0. The molecule has 4 rings (SSSR count). The zero-order valence-corrected chi connectivity index (χ0v) is 16.2. The molecule has 6 heteroatoms. The summed E-state index contributed by atoms with van der Waals surface area (Å²) in [6, 6.07) is 21.3. The maximum Gasteiger partial charge on any atom is 0.254 e. The van der Waals surface area contributed by atoms with Gasteiger partial charge in [-0.25, -0.2) is 8.78 Å². The van der Waals surface area contributed by atoms with Gasteiger partial charge >= 0.3 is 0 Å². The van der Waals surface area contributed by atoms with Gasteiger partial charge in [-0.1, -0.05) is 53.7 Å². The van der Waals surface area contributed by atoms with Gasteiger partial charge < -0.3 is 9.74 Å². The molecule has 1 atom stereocenters. The summed E-state index contributed by atoms with van der Waals surface area (Å²) in [5, 5.41) is 4.12. The van der Waals surface area contributed by atoms with Crippen LogP contribution < -0.4 is 0 Å². The van der Waals surface area contributed by atoms with Crippen molar-refractivity contribution in [2.75, 3.05) is 6.54 Å². The molecule has 0 spiro atoms. The molecule has 0 aromatic heterocycles. The minimum Gasteiger partial charge on any atom is -0.390 e. The van der Waals surface area contributed by atoms with Gasteiger partial charge in [0.2, 0.25) is 0 Å². The van der Waals surface area contributed by atoms with Gasteiger partial charge in [-0.3, -0.25) is 4.79 Å². The zero-order valence-electron chi connectivity index (χ0n) is 16.2. The first-order valence-corrected chi connectivity index (χ1v) is 9.66. The fourth-order valence-corrected chi connectivity index (χ4v) is 3.41. The Labute approximate surface area is 173 Å². The average Bonchev–Trinajstić information content (AvgIpc) is 3.22. The van der Waals surface area contributed by atoms with Crippen LogP contribution in [-0.2, 0) is 11.4 Å². The first-order chi connectivity index (χ1) is 14.6. The number of carbonyl (C=O) groups excluding carboxylic acids is 1. The van der Waals surface area contributed by atoms with Crippen LogP contribution in [0.4, 0.5) is 8.78 Å². The van der Waals surface area contributed by atoms with Crippen molar-refractivity contribution in [2.24, 2.45) is 5.16 Å². The van der Waals surface area contributed by atoms with Gasteiger partial charge in [0.1, 0.15) is 11.6 Å². The van der Waals surface area contributed by atoms with Crippen molar-refractivity contribution >= 4 is 11.6 Å². The van der Waals surface area contributed by atoms with Crippen LogP contribution in [0.25, 0.3) is 0 Å². The van der Waals surface area contributed by atoms with Crippen LogP contribution in [0.5, 0.6) is 0 Å². The summed E-state index contributed by atoms with van der Waals surface area (Å²) in [6.07, 6.45) is 0.152. The maximum absolute atomic E-state index is 13.6. The first-order valence-electron chi connectivity index (χ1n) is 9.66. The Hall–Kier alpha value is -3.54. The third-order valence-electron chi connectivity index (χ3n) is 4.91. The molecule has 0 fully saturated rings. The minimum atomic E-state index is -0.459. The fraction of sp³-hybridized carbons (Fsp3) is 0.167. The highest BCUT2D eigenvalue weighted by molar-refractivity contribution is 6.01. The predicted octanol–water partition coefficient (Wildman–Crippen LogP) is 4.80. The highest BCUT2D eigenvalue weighted by Crippen LogP contribution is 2.20. The fourth-order valence-electron chi connectivity index (χ4n) is 3.41. The second-order valence-electron chi connectivity index (χ2n) is 7.16. The number of halogens is 2. The van der Waals surface area contributed by atoms with E-state index < -0.39 is 5.82 Å². The van der Waals surface area contributed by atoms with E-state index in [0.717, 1.165) is 11.1 Å². The highest BCUT2D eigenvalue weighted by Gasteiger charge is 2.27. The van der Waals surface area contributed by atoms with Gasteiger partial charge in [0.05, 0.1) is 12.3 Å². The van der Waals surface area contributed by atoms with E-state index in [1.165, 1.54) is 30.3 Å². The molecule has 1 heterocycles. The summed E-state index contributed by atoms with van der Waals surface area (Å²) in [4.78, 5) is 20.3. The van der Waals surface area contributed by atoms with Gasteiger partial charge in [-0.15, -0.1) is 0 Å². The molecule has 0 N–H and O–H groups in total.